The molecule has 1 saturated heterocycles. The molecule has 2 aromatic carbocycles. The van der Waals surface area contributed by atoms with Crippen LogP contribution in [0.15, 0.2) is 54.7 Å². The number of ether oxygens (including phenoxy) is 2. The van der Waals surface area contributed by atoms with Gasteiger partial charge in [0.25, 0.3) is 5.91 Å². The van der Waals surface area contributed by atoms with Crippen LogP contribution in [0.4, 0.5) is 0 Å². The number of Topliss-reactive ketones (excluding diaryl/α,β-unsaturated/α-hetero) is 1. The summed E-state index contributed by atoms with van der Waals surface area (Å²) in [7, 11) is 1.81. The summed E-state index contributed by atoms with van der Waals surface area (Å²) in [5, 5.41) is 4.57. The number of rotatable bonds is 4. The molecule has 1 amide bonds. The first kappa shape index (κ1) is 21.2. The molecule has 33 heavy (non-hydrogen) atoms. The summed E-state index contributed by atoms with van der Waals surface area (Å²) in [4.78, 5) is 28.1. The van der Waals surface area contributed by atoms with Crippen LogP contribution in [0.1, 0.15) is 40.0 Å². The van der Waals surface area contributed by atoms with E-state index in [9.17, 15) is 9.59 Å². The molecule has 2 aliphatic heterocycles. The Labute approximate surface area is 192 Å². The maximum atomic E-state index is 13.4. The van der Waals surface area contributed by atoms with Crippen LogP contribution < -0.4 is 9.47 Å². The minimum Gasteiger partial charge on any atom is -0.490 e. The maximum absolute atomic E-state index is 13.4. The number of benzene rings is 2. The number of likely N-dealkylation sites (tertiary alicyclic amines) is 1. The summed E-state index contributed by atoms with van der Waals surface area (Å²) in [5.41, 5.74) is 2.74. The molecule has 3 heterocycles. The van der Waals surface area contributed by atoms with Crippen molar-refractivity contribution in [3.05, 3.63) is 65.9 Å². The summed E-state index contributed by atoms with van der Waals surface area (Å²) in [6, 6.07) is 15.1. The fraction of sp³-hybridized carbons (Fsp3) is 0.346. The topological polar surface area (TPSA) is 73.7 Å². The van der Waals surface area contributed by atoms with Gasteiger partial charge in [0, 0.05) is 49.8 Å². The van der Waals surface area contributed by atoms with Crippen LogP contribution in [0.2, 0.25) is 0 Å². The van der Waals surface area contributed by atoms with Gasteiger partial charge in [-0.15, -0.1) is 0 Å². The van der Waals surface area contributed by atoms with Crippen LogP contribution in [-0.2, 0) is 7.05 Å². The third kappa shape index (κ3) is 4.35. The molecule has 0 spiro atoms. The van der Waals surface area contributed by atoms with Crippen molar-refractivity contribution in [3.8, 4) is 22.8 Å². The summed E-state index contributed by atoms with van der Waals surface area (Å²) in [5.74, 6) is 1.44. The number of carbonyl (C=O) groups excluding carboxylic acids is 2. The number of ketones is 1. The van der Waals surface area contributed by atoms with Crippen molar-refractivity contribution in [1.29, 1.82) is 0 Å². The molecule has 3 aromatic rings. The first-order valence-corrected chi connectivity index (χ1v) is 11.4. The van der Waals surface area contributed by atoms with Gasteiger partial charge < -0.3 is 14.4 Å². The number of piperidine rings is 1. The standard InChI is InChI=1S/C26H27N3O4/c1-28-17-21(24(27-28)20-8-9-22-23(16-20)33-15-5-14-32-22)26(31)29-12-10-19(11-13-29)25(30)18-6-3-2-4-7-18/h2-4,6-9,16-17,19H,5,10-15H2,1H3. The van der Waals surface area contributed by atoms with Crippen LogP contribution >= 0.6 is 0 Å². The van der Waals surface area contributed by atoms with Crippen molar-refractivity contribution in [2.75, 3.05) is 26.3 Å². The van der Waals surface area contributed by atoms with Gasteiger partial charge in [0.2, 0.25) is 0 Å². The van der Waals surface area contributed by atoms with Crippen molar-refractivity contribution in [2.24, 2.45) is 13.0 Å². The van der Waals surface area contributed by atoms with Gasteiger partial charge in [-0.3, -0.25) is 14.3 Å². The van der Waals surface area contributed by atoms with Crippen molar-refractivity contribution in [2.45, 2.75) is 19.3 Å². The van der Waals surface area contributed by atoms with Crippen LogP contribution in [0.25, 0.3) is 11.3 Å². The van der Waals surface area contributed by atoms with Crippen LogP contribution in [0, 0.1) is 5.92 Å². The molecular formula is C26H27N3O4. The lowest BCUT2D eigenvalue weighted by atomic mass is 9.88. The van der Waals surface area contributed by atoms with Crippen LogP contribution in [0.5, 0.6) is 11.5 Å². The molecule has 0 bridgehead atoms. The van der Waals surface area contributed by atoms with E-state index in [0.717, 1.165) is 17.5 Å². The zero-order valence-corrected chi connectivity index (χ0v) is 18.7. The van der Waals surface area contributed by atoms with E-state index in [1.807, 2.05) is 60.5 Å². The molecule has 1 fully saturated rings. The molecule has 0 aliphatic carbocycles. The zero-order valence-electron chi connectivity index (χ0n) is 18.7. The van der Waals surface area contributed by atoms with E-state index < -0.39 is 0 Å². The number of hydrogen-bond acceptors (Lipinski definition) is 5. The quantitative estimate of drug-likeness (QED) is 0.568. The van der Waals surface area contributed by atoms with E-state index in [0.29, 0.717) is 61.9 Å². The Morgan fingerprint density at radius 1 is 0.970 bits per heavy atom. The van der Waals surface area contributed by atoms with Gasteiger partial charge in [0.15, 0.2) is 17.3 Å². The first-order valence-electron chi connectivity index (χ1n) is 11.4. The number of fused-ring (bicyclic) bond motifs is 1. The van der Waals surface area contributed by atoms with E-state index in [2.05, 4.69) is 5.10 Å². The highest BCUT2D eigenvalue weighted by Gasteiger charge is 2.30. The Balaban J connectivity index is 1.33. The molecule has 170 valence electrons. The lowest BCUT2D eigenvalue weighted by Crippen LogP contribution is -2.40. The highest BCUT2D eigenvalue weighted by atomic mass is 16.5. The second kappa shape index (κ2) is 9.10. The Hall–Kier alpha value is -3.61. The summed E-state index contributed by atoms with van der Waals surface area (Å²) >= 11 is 0. The molecule has 0 saturated carbocycles. The average molecular weight is 446 g/mol. The maximum Gasteiger partial charge on any atom is 0.257 e. The Morgan fingerprint density at radius 2 is 1.70 bits per heavy atom. The highest BCUT2D eigenvalue weighted by molar-refractivity contribution is 6.01. The largest absolute Gasteiger partial charge is 0.490 e. The Bertz CT molecular complexity index is 1160. The predicted molar refractivity (Wildman–Crippen MR) is 124 cm³/mol. The number of nitrogens with zero attached hydrogens (tertiary/aromatic N) is 3. The van der Waals surface area contributed by atoms with Gasteiger partial charge in [-0.1, -0.05) is 30.3 Å². The normalized spacial score (nSPS) is 16.3. The number of carbonyl (C=O) groups is 2. The van der Waals surface area contributed by atoms with Crippen LogP contribution in [0.3, 0.4) is 0 Å². The van der Waals surface area contributed by atoms with E-state index in [1.54, 1.807) is 10.9 Å². The van der Waals surface area contributed by atoms with Crippen molar-refractivity contribution >= 4 is 11.7 Å². The molecule has 1 aromatic heterocycles. The second-order valence-corrected chi connectivity index (χ2v) is 8.57. The monoisotopic (exact) mass is 445 g/mol. The molecule has 0 N–H and O–H groups in total. The first-order chi connectivity index (χ1) is 16.1. The number of hydrogen-bond donors (Lipinski definition) is 0. The molecule has 7 heteroatoms. The third-order valence-corrected chi connectivity index (χ3v) is 6.29. The molecule has 0 atom stereocenters. The molecule has 0 radical (unpaired) electrons. The Morgan fingerprint density at radius 3 is 2.45 bits per heavy atom. The number of aromatic nitrogens is 2. The van der Waals surface area contributed by atoms with E-state index in [4.69, 9.17) is 9.47 Å². The molecule has 7 nitrogen and oxygen atoms in total. The van der Waals surface area contributed by atoms with Gasteiger partial charge in [0.1, 0.15) is 5.69 Å². The van der Waals surface area contributed by atoms with E-state index >= 15 is 0 Å². The second-order valence-electron chi connectivity index (χ2n) is 8.57. The third-order valence-electron chi connectivity index (χ3n) is 6.29. The van der Waals surface area contributed by atoms with Crippen molar-refractivity contribution in [1.82, 2.24) is 14.7 Å². The summed E-state index contributed by atoms with van der Waals surface area (Å²) < 4.78 is 13.2. The summed E-state index contributed by atoms with van der Waals surface area (Å²) in [6.07, 6.45) is 3.93. The predicted octanol–water partition coefficient (Wildman–Crippen LogP) is 3.98. The Kier molecular flexibility index (Phi) is 5.86. The van der Waals surface area contributed by atoms with Gasteiger partial charge >= 0.3 is 0 Å². The van der Waals surface area contributed by atoms with Gasteiger partial charge in [-0.25, -0.2) is 0 Å². The van der Waals surface area contributed by atoms with Gasteiger partial charge in [0.05, 0.1) is 18.8 Å². The minimum absolute atomic E-state index is 0.0495. The van der Waals surface area contributed by atoms with E-state index in [-0.39, 0.29) is 17.6 Å². The molecular weight excluding hydrogens is 418 g/mol. The lowest BCUT2D eigenvalue weighted by Gasteiger charge is -2.31. The number of amides is 1. The summed E-state index contributed by atoms with van der Waals surface area (Å²) in [6.45, 7) is 2.33. The SMILES string of the molecule is Cn1cc(C(=O)N2CCC(C(=O)c3ccccc3)CC2)c(-c2ccc3c(c2)OCCCO3)n1. The molecule has 2 aliphatic rings. The van der Waals surface area contributed by atoms with Crippen molar-refractivity contribution < 1.29 is 19.1 Å². The smallest absolute Gasteiger partial charge is 0.257 e. The fourth-order valence-corrected chi connectivity index (χ4v) is 4.52. The highest BCUT2D eigenvalue weighted by Crippen LogP contribution is 2.35. The van der Waals surface area contributed by atoms with Crippen molar-refractivity contribution in [3.63, 3.8) is 0 Å². The number of aryl methyl sites for hydroxylation is 1. The lowest BCUT2D eigenvalue weighted by molar-refractivity contribution is 0.0651. The van der Waals surface area contributed by atoms with Gasteiger partial charge in [-0.05, 0) is 31.0 Å². The minimum atomic E-state index is -0.0594. The molecule has 0 unspecified atom stereocenters. The van der Waals surface area contributed by atoms with E-state index in [1.165, 1.54) is 0 Å². The molecule has 5 rings (SSSR count). The zero-order chi connectivity index (χ0) is 22.8. The van der Waals surface area contributed by atoms with Gasteiger partial charge in [-0.2, -0.15) is 5.10 Å². The average Bonchev–Trinajstić information content (AvgIpc) is 3.09. The van der Waals surface area contributed by atoms with Crippen LogP contribution in [-0.4, -0.2) is 52.7 Å². The fourth-order valence-electron chi connectivity index (χ4n) is 4.52.